The summed E-state index contributed by atoms with van der Waals surface area (Å²) in [6, 6.07) is 10.4. The summed E-state index contributed by atoms with van der Waals surface area (Å²) in [5.74, 6) is 0. The molecule has 0 bridgehead atoms. The summed E-state index contributed by atoms with van der Waals surface area (Å²) < 4.78 is 3.13. The van der Waals surface area contributed by atoms with Crippen LogP contribution in [0.3, 0.4) is 0 Å². The van der Waals surface area contributed by atoms with E-state index in [0.29, 0.717) is 0 Å². The van der Waals surface area contributed by atoms with Crippen LogP contribution in [0.15, 0.2) is 34.8 Å². The van der Waals surface area contributed by atoms with Gasteiger partial charge < -0.3 is 5.73 Å². The number of benzene rings is 1. The molecule has 1 heterocycles. The van der Waals surface area contributed by atoms with E-state index in [9.17, 15) is 0 Å². The monoisotopic (exact) mass is 321 g/mol. The van der Waals surface area contributed by atoms with Gasteiger partial charge in [0.05, 0.1) is 5.69 Å². The molecule has 1 aromatic heterocycles. The first-order chi connectivity index (χ1) is 9.13. The van der Waals surface area contributed by atoms with Gasteiger partial charge in [-0.2, -0.15) is 5.10 Å². The molecule has 1 atom stereocenters. The molecule has 102 valence electrons. The smallest absolute Gasteiger partial charge is 0.0624 e. The van der Waals surface area contributed by atoms with E-state index in [1.54, 1.807) is 0 Å². The van der Waals surface area contributed by atoms with Crippen molar-refractivity contribution in [3.63, 3.8) is 0 Å². The summed E-state index contributed by atoms with van der Waals surface area (Å²) in [4.78, 5) is 0. The highest BCUT2D eigenvalue weighted by molar-refractivity contribution is 9.10. The van der Waals surface area contributed by atoms with Crippen molar-refractivity contribution >= 4 is 15.9 Å². The molecule has 1 aromatic carbocycles. The minimum absolute atomic E-state index is 0.0137. The molecule has 0 aliphatic rings. The van der Waals surface area contributed by atoms with E-state index >= 15 is 0 Å². The minimum atomic E-state index is 0.0137. The van der Waals surface area contributed by atoms with E-state index in [1.165, 1.54) is 5.69 Å². The Morgan fingerprint density at radius 1 is 1.26 bits per heavy atom. The molecule has 0 saturated carbocycles. The lowest BCUT2D eigenvalue weighted by Gasteiger charge is -2.13. The van der Waals surface area contributed by atoms with Gasteiger partial charge in [-0.05, 0) is 37.1 Å². The Bertz CT molecular complexity index is 531. The molecule has 2 aromatic rings. The Morgan fingerprint density at radius 2 is 1.95 bits per heavy atom. The van der Waals surface area contributed by atoms with Gasteiger partial charge in [-0.15, -0.1) is 0 Å². The van der Waals surface area contributed by atoms with E-state index in [0.717, 1.165) is 35.1 Å². The van der Waals surface area contributed by atoms with Crippen LogP contribution in [0, 0.1) is 0 Å². The van der Waals surface area contributed by atoms with Crippen molar-refractivity contribution in [2.45, 2.75) is 39.3 Å². The van der Waals surface area contributed by atoms with Gasteiger partial charge in [-0.1, -0.05) is 35.0 Å². The van der Waals surface area contributed by atoms with E-state index in [1.807, 2.05) is 12.1 Å². The zero-order valence-electron chi connectivity index (χ0n) is 11.4. The van der Waals surface area contributed by atoms with Crippen molar-refractivity contribution in [2.75, 3.05) is 0 Å². The number of hydrogen-bond donors (Lipinski definition) is 1. The molecule has 19 heavy (non-hydrogen) atoms. The Labute approximate surface area is 122 Å². The van der Waals surface area contributed by atoms with E-state index in [2.05, 4.69) is 57.8 Å². The van der Waals surface area contributed by atoms with Gasteiger partial charge >= 0.3 is 0 Å². The van der Waals surface area contributed by atoms with Crippen LogP contribution < -0.4 is 5.73 Å². The summed E-state index contributed by atoms with van der Waals surface area (Å²) >= 11 is 3.44. The lowest BCUT2D eigenvalue weighted by atomic mass is 10.0. The third-order valence-electron chi connectivity index (χ3n) is 3.30. The van der Waals surface area contributed by atoms with Crippen molar-refractivity contribution < 1.29 is 0 Å². The fourth-order valence-electron chi connectivity index (χ4n) is 2.18. The normalized spacial score (nSPS) is 12.6. The number of nitrogens with zero attached hydrogens (tertiary/aromatic N) is 2. The number of aromatic nitrogens is 2. The zero-order chi connectivity index (χ0) is 13.8. The van der Waals surface area contributed by atoms with Crippen molar-refractivity contribution in [1.82, 2.24) is 9.78 Å². The number of hydrogen-bond acceptors (Lipinski definition) is 2. The summed E-state index contributed by atoms with van der Waals surface area (Å²) in [5, 5.41) is 4.56. The standard InChI is InChI=1S/C15H20BrN3/c1-3-13-9-14(19(4-2)18-13)10-15(17)11-5-7-12(16)8-6-11/h5-9,15H,3-4,10,17H2,1-2H3. The second-order valence-corrected chi connectivity index (χ2v) is 5.57. The topological polar surface area (TPSA) is 43.8 Å². The van der Waals surface area contributed by atoms with Crippen LogP contribution in [0.25, 0.3) is 0 Å². The molecule has 0 aliphatic carbocycles. The van der Waals surface area contributed by atoms with Crippen LogP contribution in [0.2, 0.25) is 0 Å². The summed E-state index contributed by atoms with van der Waals surface area (Å²) in [6.45, 7) is 5.13. The lowest BCUT2D eigenvalue weighted by molar-refractivity contribution is 0.585. The van der Waals surface area contributed by atoms with Gasteiger partial charge in [0.15, 0.2) is 0 Å². The molecule has 2 N–H and O–H groups in total. The molecule has 3 nitrogen and oxygen atoms in total. The summed E-state index contributed by atoms with van der Waals surface area (Å²) in [6.07, 6.45) is 1.79. The molecule has 1 unspecified atom stereocenters. The first kappa shape index (κ1) is 14.3. The SMILES string of the molecule is CCc1cc(CC(N)c2ccc(Br)cc2)n(CC)n1. The molecule has 2 rings (SSSR count). The Kier molecular flexibility index (Phi) is 4.77. The van der Waals surface area contributed by atoms with Crippen molar-refractivity contribution in [1.29, 1.82) is 0 Å². The molecule has 0 saturated heterocycles. The van der Waals surface area contributed by atoms with Gasteiger partial charge in [0, 0.05) is 29.2 Å². The minimum Gasteiger partial charge on any atom is -0.324 e. The van der Waals surface area contributed by atoms with Gasteiger partial charge in [0.2, 0.25) is 0 Å². The number of halogens is 1. The van der Waals surface area contributed by atoms with Crippen LogP contribution in [0.4, 0.5) is 0 Å². The van der Waals surface area contributed by atoms with Crippen LogP contribution in [0.1, 0.15) is 36.8 Å². The average Bonchev–Trinajstić information content (AvgIpc) is 2.81. The maximum atomic E-state index is 6.29. The van der Waals surface area contributed by atoms with E-state index < -0.39 is 0 Å². The van der Waals surface area contributed by atoms with Gasteiger partial charge in [0.25, 0.3) is 0 Å². The highest BCUT2D eigenvalue weighted by atomic mass is 79.9. The second-order valence-electron chi connectivity index (χ2n) is 4.66. The molecule has 0 aliphatic heterocycles. The van der Waals surface area contributed by atoms with E-state index in [-0.39, 0.29) is 6.04 Å². The highest BCUT2D eigenvalue weighted by Gasteiger charge is 2.12. The maximum Gasteiger partial charge on any atom is 0.0624 e. The first-order valence-electron chi connectivity index (χ1n) is 6.70. The quantitative estimate of drug-likeness (QED) is 0.916. The molecule has 0 fully saturated rings. The molecular weight excluding hydrogens is 302 g/mol. The summed E-state index contributed by atoms with van der Waals surface area (Å²) in [7, 11) is 0. The number of nitrogens with two attached hydrogens (primary N) is 1. The number of aryl methyl sites for hydroxylation is 2. The van der Waals surface area contributed by atoms with Crippen molar-refractivity contribution in [3.8, 4) is 0 Å². The third kappa shape index (κ3) is 3.45. The van der Waals surface area contributed by atoms with Gasteiger partial charge in [0.1, 0.15) is 0 Å². The zero-order valence-corrected chi connectivity index (χ0v) is 13.0. The largest absolute Gasteiger partial charge is 0.324 e. The number of rotatable bonds is 5. The maximum absolute atomic E-state index is 6.29. The predicted molar refractivity (Wildman–Crippen MR) is 82.1 cm³/mol. The van der Waals surface area contributed by atoms with Crippen LogP contribution >= 0.6 is 15.9 Å². The highest BCUT2D eigenvalue weighted by Crippen LogP contribution is 2.19. The molecule has 0 amide bonds. The molecule has 0 radical (unpaired) electrons. The van der Waals surface area contributed by atoms with Gasteiger partial charge in [-0.3, -0.25) is 4.68 Å². The molecular formula is C15H20BrN3. The first-order valence-corrected chi connectivity index (χ1v) is 7.50. The van der Waals surface area contributed by atoms with Crippen LogP contribution in [0.5, 0.6) is 0 Å². The molecule has 0 spiro atoms. The summed E-state index contributed by atoms with van der Waals surface area (Å²) in [5.41, 5.74) is 9.81. The average molecular weight is 322 g/mol. The van der Waals surface area contributed by atoms with Crippen molar-refractivity contribution in [2.24, 2.45) is 5.73 Å². The van der Waals surface area contributed by atoms with Crippen LogP contribution in [-0.2, 0) is 19.4 Å². The van der Waals surface area contributed by atoms with Crippen LogP contribution in [-0.4, -0.2) is 9.78 Å². The lowest BCUT2D eigenvalue weighted by Crippen LogP contribution is -2.16. The van der Waals surface area contributed by atoms with E-state index in [4.69, 9.17) is 5.73 Å². The van der Waals surface area contributed by atoms with Gasteiger partial charge in [-0.25, -0.2) is 0 Å². The fourth-order valence-corrected chi connectivity index (χ4v) is 2.44. The Hall–Kier alpha value is -1.13. The third-order valence-corrected chi connectivity index (χ3v) is 3.83. The second kappa shape index (κ2) is 6.35. The fraction of sp³-hybridized carbons (Fsp3) is 0.400. The molecule has 4 heteroatoms. The van der Waals surface area contributed by atoms with Crippen molar-refractivity contribution in [3.05, 3.63) is 51.8 Å². The Balaban J connectivity index is 2.15. The Morgan fingerprint density at radius 3 is 2.53 bits per heavy atom. The predicted octanol–water partition coefficient (Wildman–Crippen LogP) is 3.47.